The van der Waals surface area contributed by atoms with Gasteiger partial charge in [0.05, 0.1) is 5.56 Å². The van der Waals surface area contributed by atoms with Crippen LogP contribution in [0.3, 0.4) is 0 Å². The van der Waals surface area contributed by atoms with Crippen molar-refractivity contribution in [3.8, 4) is 5.75 Å². The first kappa shape index (κ1) is 10.5. The SMILES string of the molecule is Cc1ccc(F)c(C(N)C(=O)O)c1O. The van der Waals surface area contributed by atoms with Gasteiger partial charge in [0, 0.05) is 0 Å². The molecule has 0 spiro atoms. The summed E-state index contributed by atoms with van der Waals surface area (Å²) in [4.78, 5) is 10.5. The van der Waals surface area contributed by atoms with Crippen LogP contribution in [0, 0.1) is 12.7 Å². The van der Waals surface area contributed by atoms with Crippen LogP contribution in [0.25, 0.3) is 0 Å². The summed E-state index contributed by atoms with van der Waals surface area (Å²) in [5, 5.41) is 18.0. The highest BCUT2D eigenvalue weighted by Crippen LogP contribution is 2.29. The predicted octanol–water partition coefficient (Wildman–Crippen LogP) is 0.924. The summed E-state index contributed by atoms with van der Waals surface area (Å²) in [5.41, 5.74) is 5.22. The minimum Gasteiger partial charge on any atom is -0.507 e. The molecule has 0 saturated carbocycles. The first-order valence-electron chi connectivity index (χ1n) is 3.91. The molecule has 1 unspecified atom stereocenters. The van der Waals surface area contributed by atoms with Gasteiger partial charge in [-0.2, -0.15) is 0 Å². The van der Waals surface area contributed by atoms with Gasteiger partial charge in [-0.3, -0.25) is 4.79 Å². The van der Waals surface area contributed by atoms with E-state index in [-0.39, 0.29) is 5.56 Å². The maximum absolute atomic E-state index is 13.1. The number of phenols is 1. The van der Waals surface area contributed by atoms with Gasteiger partial charge in [-0.1, -0.05) is 6.07 Å². The van der Waals surface area contributed by atoms with Crippen molar-refractivity contribution in [1.82, 2.24) is 0 Å². The molecule has 0 amide bonds. The Hall–Kier alpha value is -1.62. The van der Waals surface area contributed by atoms with E-state index in [9.17, 15) is 14.3 Å². The Balaban J connectivity index is 3.32. The third kappa shape index (κ3) is 1.67. The number of aromatic hydroxyl groups is 1. The van der Waals surface area contributed by atoms with Crippen molar-refractivity contribution in [3.05, 3.63) is 29.1 Å². The van der Waals surface area contributed by atoms with Gasteiger partial charge < -0.3 is 15.9 Å². The number of hydrogen-bond acceptors (Lipinski definition) is 3. The van der Waals surface area contributed by atoms with Crippen molar-refractivity contribution in [1.29, 1.82) is 0 Å². The normalized spacial score (nSPS) is 12.5. The Kier molecular flexibility index (Phi) is 2.71. The zero-order valence-electron chi connectivity index (χ0n) is 7.49. The summed E-state index contributed by atoms with van der Waals surface area (Å²) in [6.45, 7) is 1.53. The number of hydrogen-bond donors (Lipinski definition) is 3. The Morgan fingerprint density at radius 3 is 2.64 bits per heavy atom. The maximum Gasteiger partial charge on any atom is 0.325 e. The fourth-order valence-corrected chi connectivity index (χ4v) is 1.11. The van der Waals surface area contributed by atoms with Crippen molar-refractivity contribution in [2.45, 2.75) is 13.0 Å². The van der Waals surface area contributed by atoms with Crippen molar-refractivity contribution in [2.24, 2.45) is 5.73 Å². The molecule has 0 aliphatic heterocycles. The lowest BCUT2D eigenvalue weighted by molar-refractivity contribution is -0.138. The zero-order chi connectivity index (χ0) is 10.9. The first-order chi connectivity index (χ1) is 6.45. The second-order valence-electron chi connectivity index (χ2n) is 2.94. The summed E-state index contributed by atoms with van der Waals surface area (Å²) < 4.78 is 13.1. The predicted molar refractivity (Wildman–Crippen MR) is 47.4 cm³/mol. The molecule has 5 heteroatoms. The lowest BCUT2D eigenvalue weighted by atomic mass is 10.0. The van der Waals surface area contributed by atoms with Crippen LogP contribution in [0.4, 0.5) is 4.39 Å². The smallest absolute Gasteiger partial charge is 0.325 e. The van der Waals surface area contributed by atoms with Gasteiger partial charge in [-0.15, -0.1) is 0 Å². The van der Waals surface area contributed by atoms with E-state index in [1.165, 1.54) is 13.0 Å². The van der Waals surface area contributed by atoms with Crippen LogP contribution < -0.4 is 5.73 Å². The Labute approximate surface area is 79.8 Å². The van der Waals surface area contributed by atoms with Gasteiger partial charge in [0.25, 0.3) is 0 Å². The molecule has 0 aliphatic carbocycles. The maximum atomic E-state index is 13.1. The van der Waals surface area contributed by atoms with Gasteiger partial charge in [0.15, 0.2) is 0 Å². The number of aliphatic carboxylic acids is 1. The summed E-state index contributed by atoms with van der Waals surface area (Å²) in [6, 6.07) is 0.880. The lowest BCUT2D eigenvalue weighted by Gasteiger charge is -2.11. The van der Waals surface area contributed by atoms with Gasteiger partial charge in [-0.25, -0.2) is 4.39 Å². The summed E-state index contributed by atoms with van der Waals surface area (Å²) in [5.74, 6) is -2.60. The van der Waals surface area contributed by atoms with E-state index in [1.807, 2.05) is 0 Å². The lowest BCUT2D eigenvalue weighted by Crippen LogP contribution is -2.22. The number of benzene rings is 1. The largest absolute Gasteiger partial charge is 0.507 e. The molecule has 0 fully saturated rings. The van der Waals surface area contributed by atoms with E-state index < -0.39 is 23.6 Å². The molecule has 1 rings (SSSR count). The van der Waals surface area contributed by atoms with E-state index in [0.29, 0.717) is 5.56 Å². The second kappa shape index (κ2) is 3.63. The van der Waals surface area contributed by atoms with E-state index in [0.717, 1.165) is 6.07 Å². The molecule has 76 valence electrons. The van der Waals surface area contributed by atoms with Crippen LogP contribution in [0.15, 0.2) is 12.1 Å². The van der Waals surface area contributed by atoms with Crippen LogP contribution in [0.5, 0.6) is 5.75 Å². The molecule has 0 aromatic heterocycles. The van der Waals surface area contributed by atoms with E-state index in [2.05, 4.69) is 0 Å². The van der Waals surface area contributed by atoms with Crippen molar-refractivity contribution in [3.63, 3.8) is 0 Å². The minimum atomic E-state index is -1.55. The van der Waals surface area contributed by atoms with Gasteiger partial charge >= 0.3 is 5.97 Å². The molecule has 0 aliphatic rings. The monoisotopic (exact) mass is 199 g/mol. The molecule has 4 nitrogen and oxygen atoms in total. The Morgan fingerprint density at radius 2 is 2.14 bits per heavy atom. The molecule has 1 atom stereocenters. The van der Waals surface area contributed by atoms with Gasteiger partial charge in [0.2, 0.25) is 0 Å². The fraction of sp³-hybridized carbons (Fsp3) is 0.222. The quantitative estimate of drug-likeness (QED) is 0.661. The molecule has 1 aromatic rings. The first-order valence-corrected chi connectivity index (χ1v) is 3.91. The highest BCUT2D eigenvalue weighted by atomic mass is 19.1. The molecule has 1 aromatic carbocycles. The average molecular weight is 199 g/mol. The average Bonchev–Trinajstić information content (AvgIpc) is 2.12. The van der Waals surface area contributed by atoms with E-state index in [4.69, 9.17) is 10.8 Å². The third-order valence-corrected chi connectivity index (χ3v) is 1.94. The summed E-state index contributed by atoms with van der Waals surface area (Å²) >= 11 is 0. The fourth-order valence-electron chi connectivity index (χ4n) is 1.11. The molecule has 0 radical (unpaired) electrons. The zero-order valence-corrected chi connectivity index (χ0v) is 7.49. The van der Waals surface area contributed by atoms with Crippen molar-refractivity contribution in [2.75, 3.05) is 0 Å². The number of nitrogens with two attached hydrogens (primary N) is 1. The number of halogens is 1. The second-order valence-corrected chi connectivity index (χ2v) is 2.94. The third-order valence-electron chi connectivity index (χ3n) is 1.94. The number of carboxylic acid groups (broad SMARTS) is 1. The summed E-state index contributed by atoms with van der Waals surface area (Å²) in [6.07, 6.45) is 0. The Bertz CT molecular complexity index is 379. The van der Waals surface area contributed by atoms with Crippen LogP contribution in [0.1, 0.15) is 17.2 Å². The molecule has 4 N–H and O–H groups in total. The van der Waals surface area contributed by atoms with Crippen molar-refractivity contribution < 1.29 is 19.4 Å². The van der Waals surface area contributed by atoms with Crippen LogP contribution in [-0.4, -0.2) is 16.2 Å². The number of rotatable bonds is 2. The van der Waals surface area contributed by atoms with Crippen LogP contribution in [0.2, 0.25) is 0 Å². The highest BCUT2D eigenvalue weighted by Gasteiger charge is 2.23. The highest BCUT2D eigenvalue weighted by molar-refractivity contribution is 5.76. The van der Waals surface area contributed by atoms with E-state index in [1.54, 1.807) is 0 Å². The van der Waals surface area contributed by atoms with Crippen LogP contribution in [-0.2, 0) is 4.79 Å². The minimum absolute atomic E-state index is 0.377. The topological polar surface area (TPSA) is 83.6 Å². The van der Waals surface area contributed by atoms with Gasteiger partial charge in [0.1, 0.15) is 17.6 Å². The molecular weight excluding hydrogens is 189 g/mol. The number of carboxylic acids is 1. The van der Waals surface area contributed by atoms with Crippen molar-refractivity contribution >= 4 is 5.97 Å². The number of phenolic OH excluding ortho intramolecular Hbond substituents is 1. The Morgan fingerprint density at radius 1 is 1.57 bits per heavy atom. The number of aryl methyl sites for hydroxylation is 1. The molecule has 0 bridgehead atoms. The molecule has 14 heavy (non-hydrogen) atoms. The van der Waals surface area contributed by atoms with E-state index >= 15 is 0 Å². The molecule has 0 saturated heterocycles. The standard InChI is InChI=1S/C9H10FNO3/c1-4-2-3-5(10)6(8(4)12)7(11)9(13)14/h2-3,7,12H,11H2,1H3,(H,13,14). The summed E-state index contributed by atoms with van der Waals surface area (Å²) in [7, 11) is 0. The molecular formula is C9H10FNO3. The number of carbonyl (C=O) groups is 1. The molecule has 0 heterocycles. The van der Waals surface area contributed by atoms with Gasteiger partial charge in [-0.05, 0) is 18.6 Å². The van der Waals surface area contributed by atoms with Crippen LogP contribution >= 0.6 is 0 Å².